The number of alkyl halides is 1. The molecule has 1 aliphatic heterocycles. The molecule has 0 saturated carbocycles. The average molecular weight is 250 g/mol. The van der Waals surface area contributed by atoms with E-state index in [0.717, 1.165) is 12.8 Å². The van der Waals surface area contributed by atoms with Gasteiger partial charge in [-0.15, -0.1) is 11.6 Å². The lowest BCUT2D eigenvalue weighted by Gasteiger charge is -2.19. The summed E-state index contributed by atoms with van der Waals surface area (Å²) in [6.45, 7) is 2.47. The fourth-order valence-electron chi connectivity index (χ4n) is 1.82. The summed E-state index contributed by atoms with van der Waals surface area (Å²) in [5.41, 5.74) is 0. The second kappa shape index (κ2) is 7.09. The zero-order valence-electron chi connectivity index (χ0n) is 9.87. The lowest BCUT2D eigenvalue weighted by molar-refractivity contribution is -0.132. The number of methoxy groups -OCH3 is 1. The second-order valence-corrected chi connectivity index (χ2v) is 4.53. The van der Waals surface area contributed by atoms with Gasteiger partial charge in [-0.05, 0) is 26.2 Å². The van der Waals surface area contributed by atoms with Gasteiger partial charge in [-0.25, -0.2) is 0 Å². The molecule has 1 N–H and O–H groups in total. The number of hydrogen-bond acceptors (Lipinski definition) is 3. The first kappa shape index (κ1) is 13.7. The van der Waals surface area contributed by atoms with Crippen LogP contribution in [0.1, 0.15) is 26.2 Å². The number of rotatable bonds is 6. The molecule has 0 aromatic carbocycles. The van der Waals surface area contributed by atoms with E-state index in [4.69, 9.17) is 21.1 Å². The fourth-order valence-corrected chi connectivity index (χ4v) is 2.08. The molecule has 94 valence electrons. The number of carbonyl (C=O) groups is 1. The minimum atomic E-state index is -0.301. The van der Waals surface area contributed by atoms with Gasteiger partial charge >= 0.3 is 0 Å². The summed E-state index contributed by atoms with van der Waals surface area (Å²) < 4.78 is 10.5. The van der Waals surface area contributed by atoms with Crippen molar-refractivity contribution in [3.63, 3.8) is 0 Å². The Labute approximate surface area is 102 Å². The van der Waals surface area contributed by atoms with Gasteiger partial charge in [0.05, 0.1) is 18.8 Å². The molecule has 1 saturated heterocycles. The van der Waals surface area contributed by atoms with Crippen LogP contribution in [-0.4, -0.2) is 43.8 Å². The summed E-state index contributed by atoms with van der Waals surface area (Å²) in [7, 11) is 1.61. The quantitative estimate of drug-likeness (QED) is 0.723. The van der Waals surface area contributed by atoms with E-state index >= 15 is 0 Å². The van der Waals surface area contributed by atoms with Crippen LogP contribution in [0.3, 0.4) is 0 Å². The highest BCUT2D eigenvalue weighted by Crippen LogP contribution is 2.19. The number of carbonyl (C=O) groups excluding carboxylic acids is 1. The van der Waals surface area contributed by atoms with E-state index in [1.165, 1.54) is 0 Å². The number of halogens is 1. The van der Waals surface area contributed by atoms with Crippen molar-refractivity contribution in [1.29, 1.82) is 0 Å². The molecule has 3 unspecified atom stereocenters. The predicted octanol–water partition coefficient (Wildman–Crippen LogP) is 1.31. The fraction of sp³-hybridized carbons (Fsp3) is 0.909. The Morgan fingerprint density at radius 1 is 1.62 bits per heavy atom. The first-order valence-corrected chi connectivity index (χ1v) is 6.21. The van der Waals surface area contributed by atoms with Crippen LogP contribution in [0.25, 0.3) is 0 Å². The molecule has 1 fully saturated rings. The molecule has 0 aromatic heterocycles. The average Bonchev–Trinajstić information content (AvgIpc) is 2.65. The molecule has 16 heavy (non-hydrogen) atoms. The van der Waals surface area contributed by atoms with Crippen LogP contribution in [0.15, 0.2) is 0 Å². The van der Waals surface area contributed by atoms with Gasteiger partial charge in [0.25, 0.3) is 0 Å². The predicted molar refractivity (Wildman–Crippen MR) is 62.7 cm³/mol. The minimum Gasteiger partial charge on any atom is -0.383 e. The Morgan fingerprint density at radius 3 is 2.88 bits per heavy atom. The van der Waals surface area contributed by atoms with E-state index in [1.54, 1.807) is 7.11 Å². The normalized spacial score (nSPS) is 26.7. The van der Waals surface area contributed by atoms with Gasteiger partial charge < -0.3 is 14.8 Å². The Hall–Kier alpha value is -0.320. The summed E-state index contributed by atoms with van der Waals surface area (Å²) >= 11 is 5.66. The van der Waals surface area contributed by atoms with E-state index in [-0.39, 0.29) is 24.2 Å². The van der Waals surface area contributed by atoms with Crippen molar-refractivity contribution >= 4 is 17.5 Å². The van der Waals surface area contributed by atoms with E-state index in [0.29, 0.717) is 18.9 Å². The number of ether oxygens (including phenoxy) is 2. The highest BCUT2D eigenvalue weighted by atomic mass is 35.5. The summed E-state index contributed by atoms with van der Waals surface area (Å²) in [6, 6.07) is -0.0190. The smallest absolute Gasteiger partial charge is 0.249 e. The van der Waals surface area contributed by atoms with Crippen molar-refractivity contribution in [3.05, 3.63) is 0 Å². The van der Waals surface area contributed by atoms with Crippen molar-refractivity contribution in [3.8, 4) is 0 Å². The highest BCUT2D eigenvalue weighted by Gasteiger charge is 2.29. The minimum absolute atomic E-state index is 0.0190. The van der Waals surface area contributed by atoms with Gasteiger partial charge in [0, 0.05) is 13.0 Å². The lowest BCUT2D eigenvalue weighted by Crippen LogP contribution is -2.43. The summed E-state index contributed by atoms with van der Waals surface area (Å²) in [4.78, 5) is 11.8. The molecule has 4 nitrogen and oxygen atoms in total. The zero-order chi connectivity index (χ0) is 12.0. The topological polar surface area (TPSA) is 47.6 Å². The molecular formula is C11H20ClNO3. The third-order valence-electron chi connectivity index (χ3n) is 2.70. The Kier molecular flexibility index (Phi) is 6.09. The van der Waals surface area contributed by atoms with Crippen molar-refractivity contribution in [1.82, 2.24) is 5.32 Å². The maximum absolute atomic E-state index is 11.8. The van der Waals surface area contributed by atoms with Crippen molar-refractivity contribution in [2.24, 2.45) is 0 Å². The monoisotopic (exact) mass is 249 g/mol. The van der Waals surface area contributed by atoms with Gasteiger partial charge in [-0.1, -0.05) is 0 Å². The van der Waals surface area contributed by atoms with Gasteiger partial charge in [0.1, 0.15) is 6.10 Å². The maximum atomic E-state index is 11.8. The Balaban J connectivity index is 2.35. The molecule has 1 rings (SSSR count). The largest absolute Gasteiger partial charge is 0.383 e. The number of amides is 1. The molecule has 1 amide bonds. The first-order chi connectivity index (χ1) is 7.67. The second-order valence-electron chi connectivity index (χ2n) is 4.15. The van der Waals surface area contributed by atoms with Gasteiger partial charge in [-0.2, -0.15) is 0 Å². The summed E-state index contributed by atoms with van der Waals surface area (Å²) in [5.74, 6) is 0.465. The van der Waals surface area contributed by atoms with Crippen LogP contribution < -0.4 is 5.32 Å². The highest BCUT2D eigenvalue weighted by molar-refractivity contribution is 6.17. The van der Waals surface area contributed by atoms with Crippen LogP contribution in [-0.2, 0) is 14.3 Å². The van der Waals surface area contributed by atoms with Crippen LogP contribution in [0.2, 0.25) is 0 Å². The van der Waals surface area contributed by atoms with Gasteiger partial charge in [0.15, 0.2) is 0 Å². The van der Waals surface area contributed by atoms with Crippen LogP contribution in [0.4, 0.5) is 0 Å². The zero-order valence-corrected chi connectivity index (χ0v) is 10.6. The third-order valence-corrected chi connectivity index (χ3v) is 2.91. The van der Waals surface area contributed by atoms with E-state index < -0.39 is 0 Å². The summed E-state index contributed by atoms with van der Waals surface area (Å²) in [6.07, 6.45) is 2.34. The SMILES string of the molecule is COCC(CCCl)NC(=O)C1CCC(C)O1. The first-order valence-electron chi connectivity index (χ1n) is 5.68. The van der Waals surface area contributed by atoms with Gasteiger partial charge in [0.2, 0.25) is 5.91 Å². The van der Waals surface area contributed by atoms with Crippen molar-refractivity contribution < 1.29 is 14.3 Å². The van der Waals surface area contributed by atoms with E-state index in [9.17, 15) is 4.79 Å². The van der Waals surface area contributed by atoms with E-state index in [2.05, 4.69) is 5.32 Å². The number of hydrogen-bond donors (Lipinski definition) is 1. The lowest BCUT2D eigenvalue weighted by atomic mass is 10.1. The molecule has 0 aromatic rings. The van der Waals surface area contributed by atoms with Crippen LogP contribution in [0, 0.1) is 0 Å². The molecule has 0 aliphatic carbocycles. The van der Waals surface area contributed by atoms with Crippen molar-refractivity contribution in [2.45, 2.75) is 44.4 Å². The van der Waals surface area contributed by atoms with Crippen molar-refractivity contribution in [2.75, 3.05) is 19.6 Å². The molecule has 0 spiro atoms. The molecule has 1 aliphatic rings. The Bertz CT molecular complexity index is 219. The molecule has 5 heteroatoms. The van der Waals surface area contributed by atoms with Crippen LogP contribution >= 0.6 is 11.6 Å². The maximum Gasteiger partial charge on any atom is 0.249 e. The molecular weight excluding hydrogens is 230 g/mol. The standard InChI is InChI=1S/C11H20ClNO3/c1-8-3-4-10(16-8)11(14)13-9(5-6-12)7-15-2/h8-10H,3-7H2,1-2H3,(H,13,14). The molecule has 0 radical (unpaired) electrons. The molecule has 1 heterocycles. The molecule has 3 atom stereocenters. The summed E-state index contributed by atoms with van der Waals surface area (Å²) in [5, 5.41) is 2.91. The molecule has 0 bridgehead atoms. The number of nitrogens with one attached hydrogen (secondary N) is 1. The van der Waals surface area contributed by atoms with Crippen LogP contribution in [0.5, 0.6) is 0 Å². The van der Waals surface area contributed by atoms with E-state index in [1.807, 2.05) is 6.92 Å². The Morgan fingerprint density at radius 2 is 2.38 bits per heavy atom. The third kappa shape index (κ3) is 4.28. The van der Waals surface area contributed by atoms with Gasteiger partial charge in [-0.3, -0.25) is 4.79 Å².